The minimum atomic E-state index is -3.56. The average molecular weight is 357 g/mol. The number of sulfonamides is 1. The van der Waals surface area contributed by atoms with Crippen LogP contribution in [0.25, 0.3) is 11.4 Å². The molecular formula is C15H21ClN4O2S. The first-order valence-electron chi connectivity index (χ1n) is 7.21. The Hall–Kier alpha value is -1.54. The second-order valence-electron chi connectivity index (χ2n) is 4.76. The van der Waals surface area contributed by atoms with Gasteiger partial charge in [-0.2, -0.15) is 0 Å². The van der Waals surface area contributed by atoms with Crippen LogP contribution in [0.15, 0.2) is 47.6 Å². The third kappa shape index (κ3) is 5.87. The molecule has 0 aliphatic rings. The Bertz CT molecular complexity index is 678. The summed E-state index contributed by atoms with van der Waals surface area (Å²) < 4.78 is 26.7. The number of benzene rings is 1. The minimum absolute atomic E-state index is 0. The molecule has 2 rings (SSSR count). The molecule has 1 heterocycles. The van der Waals surface area contributed by atoms with Crippen molar-refractivity contribution in [3.8, 4) is 11.4 Å². The zero-order valence-electron chi connectivity index (χ0n) is 12.9. The Morgan fingerprint density at radius 2 is 1.65 bits per heavy atom. The summed E-state index contributed by atoms with van der Waals surface area (Å²) in [7, 11) is -3.56. The fourth-order valence-electron chi connectivity index (χ4n) is 1.85. The number of hydrogen-bond donors (Lipinski definition) is 2. The Morgan fingerprint density at radius 1 is 1.00 bits per heavy atom. The number of hydrogen-bond acceptors (Lipinski definition) is 5. The summed E-state index contributed by atoms with van der Waals surface area (Å²) in [5.41, 5.74) is 0.850. The molecule has 1 aromatic carbocycles. The summed E-state index contributed by atoms with van der Waals surface area (Å²) in [6.07, 6.45) is 3.68. The summed E-state index contributed by atoms with van der Waals surface area (Å²) >= 11 is 0. The van der Waals surface area contributed by atoms with Gasteiger partial charge in [0.2, 0.25) is 10.0 Å². The molecule has 2 N–H and O–H groups in total. The van der Waals surface area contributed by atoms with Gasteiger partial charge in [0, 0.05) is 18.7 Å². The molecule has 0 aliphatic heterocycles. The number of nitrogens with one attached hydrogen (secondary N) is 2. The lowest BCUT2D eigenvalue weighted by molar-refractivity contribution is 0.574. The standard InChI is InChI=1S/C15H20N4O2S.ClH/c1-2-8-16-9-10-19-22(20,21)14-11-17-15(18-12-14)13-6-4-3-5-7-13;/h3-7,11-12,16,19H,2,8-10H2,1H3;1H. The second-order valence-corrected chi connectivity index (χ2v) is 6.52. The third-order valence-corrected chi connectivity index (χ3v) is 4.41. The summed E-state index contributed by atoms with van der Waals surface area (Å²) in [4.78, 5) is 8.33. The number of nitrogens with zero attached hydrogens (tertiary/aromatic N) is 2. The van der Waals surface area contributed by atoms with Crippen LogP contribution in [0.1, 0.15) is 13.3 Å². The van der Waals surface area contributed by atoms with Crippen molar-refractivity contribution in [3.05, 3.63) is 42.7 Å². The predicted molar refractivity (Wildman–Crippen MR) is 93.1 cm³/mol. The van der Waals surface area contributed by atoms with Gasteiger partial charge in [-0.1, -0.05) is 37.3 Å². The van der Waals surface area contributed by atoms with Gasteiger partial charge in [0.25, 0.3) is 0 Å². The van der Waals surface area contributed by atoms with Crippen LogP contribution in [0.3, 0.4) is 0 Å². The first-order chi connectivity index (χ1) is 10.6. The molecule has 0 atom stereocenters. The van der Waals surface area contributed by atoms with Crippen molar-refractivity contribution in [1.29, 1.82) is 0 Å². The fourth-order valence-corrected chi connectivity index (χ4v) is 2.77. The van der Waals surface area contributed by atoms with Crippen LogP contribution in [0.4, 0.5) is 0 Å². The highest BCUT2D eigenvalue weighted by molar-refractivity contribution is 7.89. The maximum absolute atomic E-state index is 12.1. The fraction of sp³-hybridized carbons (Fsp3) is 0.333. The summed E-state index contributed by atoms with van der Waals surface area (Å²) in [6.45, 7) is 3.86. The van der Waals surface area contributed by atoms with E-state index in [4.69, 9.17) is 0 Å². The molecule has 23 heavy (non-hydrogen) atoms. The molecule has 1 aromatic heterocycles. The molecule has 0 aliphatic carbocycles. The molecule has 0 unspecified atom stereocenters. The van der Waals surface area contributed by atoms with E-state index in [1.807, 2.05) is 30.3 Å². The zero-order chi connectivity index (χ0) is 15.8. The van der Waals surface area contributed by atoms with Gasteiger partial charge in [-0.25, -0.2) is 23.1 Å². The van der Waals surface area contributed by atoms with Crippen LogP contribution in [0, 0.1) is 0 Å². The monoisotopic (exact) mass is 356 g/mol. The van der Waals surface area contributed by atoms with Crippen LogP contribution >= 0.6 is 12.4 Å². The molecule has 0 radical (unpaired) electrons. The van der Waals surface area contributed by atoms with Crippen molar-refractivity contribution in [2.75, 3.05) is 19.6 Å². The van der Waals surface area contributed by atoms with Gasteiger partial charge >= 0.3 is 0 Å². The smallest absolute Gasteiger partial charge is 0.243 e. The van der Waals surface area contributed by atoms with Crippen LogP contribution < -0.4 is 10.0 Å². The Morgan fingerprint density at radius 3 is 2.26 bits per heavy atom. The lowest BCUT2D eigenvalue weighted by Crippen LogP contribution is -2.32. The van der Waals surface area contributed by atoms with Crippen molar-refractivity contribution in [3.63, 3.8) is 0 Å². The van der Waals surface area contributed by atoms with Crippen LogP contribution in [0.5, 0.6) is 0 Å². The Kier molecular flexibility index (Phi) is 8.11. The average Bonchev–Trinajstić information content (AvgIpc) is 2.55. The normalized spacial score (nSPS) is 11.0. The van der Waals surface area contributed by atoms with Gasteiger partial charge in [-0.15, -0.1) is 12.4 Å². The first-order valence-corrected chi connectivity index (χ1v) is 8.69. The molecule has 8 heteroatoms. The van der Waals surface area contributed by atoms with E-state index in [0.29, 0.717) is 18.9 Å². The van der Waals surface area contributed by atoms with Crippen molar-refractivity contribution < 1.29 is 8.42 Å². The number of halogens is 1. The van der Waals surface area contributed by atoms with E-state index in [1.165, 1.54) is 12.4 Å². The van der Waals surface area contributed by atoms with Gasteiger partial charge in [0.05, 0.1) is 12.4 Å². The quantitative estimate of drug-likeness (QED) is 0.705. The highest BCUT2D eigenvalue weighted by Gasteiger charge is 2.14. The summed E-state index contributed by atoms with van der Waals surface area (Å²) in [5, 5.41) is 3.13. The van der Waals surface area contributed by atoms with Gasteiger partial charge in [-0.3, -0.25) is 0 Å². The SMILES string of the molecule is CCCNCCNS(=O)(=O)c1cnc(-c2ccccc2)nc1.Cl. The zero-order valence-corrected chi connectivity index (χ0v) is 14.5. The van der Waals surface area contributed by atoms with Gasteiger partial charge in [0.1, 0.15) is 4.90 Å². The molecule has 0 bridgehead atoms. The van der Waals surface area contributed by atoms with Crippen LogP contribution in [0.2, 0.25) is 0 Å². The predicted octanol–water partition coefficient (Wildman–Crippen LogP) is 1.84. The third-order valence-electron chi connectivity index (χ3n) is 2.99. The maximum atomic E-state index is 12.1. The number of rotatable bonds is 8. The van der Waals surface area contributed by atoms with E-state index in [9.17, 15) is 8.42 Å². The minimum Gasteiger partial charge on any atom is -0.315 e. The molecule has 6 nitrogen and oxygen atoms in total. The van der Waals surface area contributed by atoms with Crippen molar-refractivity contribution in [1.82, 2.24) is 20.0 Å². The molecule has 0 saturated heterocycles. The molecule has 0 spiro atoms. The highest BCUT2D eigenvalue weighted by Crippen LogP contribution is 2.14. The van der Waals surface area contributed by atoms with E-state index in [0.717, 1.165) is 18.5 Å². The molecular weight excluding hydrogens is 336 g/mol. The lowest BCUT2D eigenvalue weighted by atomic mass is 10.2. The molecule has 0 saturated carbocycles. The van der Waals surface area contributed by atoms with E-state index in [-0.39, 0.29) is 17.3 Å². The van der Waals surface area contributed by atoms with E-state index < -0.39 is 10.0 Å². The van der Waals surface area contributed by atoms with E-state index in [2.05, 4.69) is 26.9 Å². The van der Waals surface area contributed by atoms with Crippen molar-refractivity contribution in [2.24, 2.45) is 0 Å². The second kappa shape index (κ2) is 9.57. The van der Waals surface area contributed by atoms with Gasteiger partial charge in [-0.05, 0) is 13.0 Å². The molecule has 0 fully saturated rings. The largest absolute Gasteiger partial charge is 0.315 e. The molecule has 0 amide bonds. The molecule has 126 valence electrons. The van der Waals surface area contributed by atoms with Crippen molar-refractivity contribution >= 4 is 22.4 Å². The van der Waals surface area contributed by atoms with Gasteiger partial charge < -0.3 is 5.32 Å². The summed E-state index contributed by atoms with van der Waals surface area (Å²) in [6, 6.07) is 9.42. The molecule has 2 aromatic rings. The number of aromatic nitrogens is 2. The first kappa shape index (κ1) is 19.5. The highest BCUT2D eigenvalue weighted by atomic mass is 35.5. The lowest BCUT2D eigenvalue weighted by Gasteiger charge is -2.07. The van der Waals surface area contributed by atoms with E-state index in [1.54, 1.807) is 0 Å². The topological polar surface area (TPSA) is 84.0 Å². The summed E-state index contributed by atoms with van der Waals surface area (Å²) in [5.74, 6) is 0.504. The van der Waals surface area contributed by atoms with Crippen molar-refractivity contribution in [2.45, 2.75) is 18.2 Å². The van der Waals surface area contributed by atoms with Gasteiger partial charge in [0.15, 0.2) is 5.82 Å². The van der Waals surface area contributed by atoms with E-state index >= 15 is 0 Å². The Labute approximate surface area is 143 Å². The van der Waals surface area contributed by atoms with Crippen LogP contribution in [-0.2, 0) is 10.0 Å². The maximum Gasteiger partial charge on any atom is 0.243 e. The van der Waals surface area contributed by atoms with Crippen LogP contribution in [-0.4, -0.2) is 38.0 Å². The Balaban J connectivity index is 0.00000264.